The van der Waals surface area contributed by atoms with Crippen molar-refractivity contribution in [2.45, 2.75) is 46.1 Å². The van der Waals surface area contributed by atoms with E-state index in [2.05, 4.69) is 51.7 Å². The van der Waals surface area contributed by atoms with E-state index in [0.717, 1.165) is 31.5 Å². The molecular formula is C17H31N5. The molecule has 5 nitrogen and oxygen atoms in total. The zero-order chi connectivity index (χ0) is 15.9. The molecule has 5 heteroatoms. The fourth-order valence-electron chi connectivity index (χ4n) is 3.24. The molecule has 0 aromatic carbocycles. The van der Waals surface area contributed by atoms with E-state index >= 15 is 0 Å². The lowest BCUT2D eigenvalue weighted by Gasteiger charge is -2.39. The first kappa shape index (κ1) is 16.8. The summed E-state index contributed by atoms with van der Waals surface area (Å²) in [6, 6.07) is 0.475. The van der Waals surface area contributed by atoms with Gasteiger partial charge in [0.25, 0.3) is 0 Å². The largest absolute Gasteiger partial charge is 0.356 e. The van der Waals surface area contributed by atoms with Gasteiger partial charge in [-0.1, -0.05) is 33.6 Å². The molecule has 2 atom stereocenters. The number of rotatable bonds is 5. The molecule has 0 spiro atoms. The summed E-state index contributed by atoms with van der Waals surface area (Å²) >= 11 is 0. The molecule has 2 unspecified atom stereocenters. The molecule has 1 saturated heterocycles. The molecule has 0 saturated carbocycles. The van der Waals surface area contributed by atoms with Crippen LogP contribution in [0.5, 0.6) is 0 Å². The fourth-order valence-corrected chi connectivity index (χ4v) is 3.24. The lowest BCUT2D eigenvalue weighted by atomic mass is 9.93. The first-order valence-corrected chi connectivity index (χ1v) is 8.62. The Kier molecular flexibility index (Phi) is 6.28. The van der Waals surface area contributed by atoms with Crippen LogP contribution in [0.2, 0.25) is 0 Å². The maximum atomic E-state index is 4.50. The van der Waals surface area contributed by atoms with Crippen molar-refractivity contribution in [3.63, 3.8) is 0 Å². The van der Waals surface area contributed by atoms with E-state index in [1.165, 1.54) is 19.3 Å². The number of likely N-dealkylation sites (tertiary alicyclic amines) is 1. The smallest absolute Gasteiger partial charge is 0.193 e. The average Bonchev–Trinajstić information content (AvgIpc) is 3.07. The first-order chi connectivity index (χ1) is 10.7. The lowest BCUT2D eigenvalue weighted by Crippen LogP contribution is -2.49. The van der Waals surface area contributed by atoms with E-state index in [1.807, 2.05) is 19.6 Å². The molecule has 22 heavy (non-hydrogen) atoms. The second kappa shape index (κ2) is 8.20. The van der Waals surface area contributed by atoms with Crippen molar-refractivity contribution in [2.24, 2.45) is 16.8 Å². The average molecular weight is 305 g/mol. The Morgan fingerprint density at radius 2 is 2.18 bits per heavy atom. The van der Waals surface area contributed by atoms with Gasteiger partial charge in [0.05, 0.1) is 12.4 Å². The van der Waals surface area contributed by atoms with Crippen molar-refractivity contribution in [1.29, 1.82) is 0 Å². The molecular weight excluding hydrogens is 274 g/mol. The Bertz CT molecular complexity index is 450. The Labute approximate surface area is 134 Å². The standard InChI is InChI=1S/C17H31N5/c1-5-15(6-2)11-20-17(18-4)21-9-7-14(3)16(12-21)22-10-8-19-13-22/h8,10,13-16H,5-7,9,11-12H2,1-4H3,(H,18,20). The quantitative estimate of drug-likeness (QED) is 0.672. The number of nitrogens with one attached hydrogen (secondary N) is 1. The number of nitrogens with zero attached hydrogens (tertiary/aromatic N) is 4. The lowest BCUT2D eigenvalue weighted by molar-refractivity contribution is 0.188. The molecule has 124 valence electrons. The first-order valence-electron chi connectivity index (χ1n) is 8.62. The van der Waals surface area contributed by atoms with Crippen molar-refractivity contribution in [3.05, 3.63) is 18.7 Å². The topological polar surface area (TPSA) is 45.5 Å². The van der Waals surface area contributed by atoms with Crippen molar-refractivity contribution < 1.29 is 0 Å². The molecule has 1 aliphatic heterocycles. The number of imidazole rings is 1. The predicted octanol–water partition coefficient (Wildman–Crippen LogP) is 2.78. The SMILES string of the molecule is CCC(CC)CNC(=NC)N1CCC(C)C(n2ccnc2)C1. The minimum atomic E-state index is 0.475. The Hall–Kier alpha value is -1.52. The molecule has 0 amide bonds. The molecule has 0 radical (unpaired) electrons. The molecule has 1 fully saturated rings. The van der Waals surface area contributed by atoms with Gasteiger partial charge in [-0.15, -0.1) is 0 Å². The van der Waals surface area contributed by atoms with Crippen LogP contribution in [0.3, 0.4) is 0 Å². The summed E-state index contributed by atoms with van der Waals surface area (Å²) in [5, 5.41) is 3.57. The number of piperidine rings is 1. The molecule has 0 aliphatic carbocycles. The number of hydrogen-bond donors (Lipinski definition) is 1. The van der Waals surface area contributed by atoms with Crippen molar-refractivity contribution in [2.75, 3.05) is 26.7 Å². The monoisotopic (exact) mass is 305 g/mol. The summed E-state index contributed by atoms with van der Waals surface area (Å²) < 4.78 is 2.24. The van der Waals surface area contributed by atoms with Gasteiger partial charge in [0.2, 0.25) is 0 Å². The van der Waals surface area contributed by atoms with Crippen molar-refractivity contribution in [1.82, 2.24) is 19.8 Å². The highest BCUT2D eigenvalue weighted by Gasteiger charge is 2.28. The fraction of sp³-hybridized carbons (Fsp3) is 0.765. The van der Waals surface area contributed by atoms with Gasteiger partial charge >= 0.3 is 0 Å². The van der Waals surface area contributed by atoms with Crippen LogP contribution in [-0.4, -0.2) is 47.1 Å². The normalized spacial score (nSPS) is 23.1. The molecule has 2 rings (SSSR count). The molecule has 1 aliphatic rings. The summed E-state index contributed by atoms with van der Waals surface area (Å²) in [5.74, 6) is 2.44. The van der Waals surface area contributed by atoms with E-state index in [-0.39, 0.29) is 0 Å². The second-order valence-electron chi connectivity index (χ2n) is 6.40. The highest BCUT2D eigenvalue weighted by atomic mass is 15.3. The van der Waals surface area contributed by atoms with E-state index in [0.29, 0.717) is 12.0 Å². The van der Waals surface area contributed by atoms with Gasteiger partial charge in [-0.05, 0) is 18.3 Å². The minimum Gasteiger partial charge on any atom is -0.356 e. The maximum absolute atomic E-state index is 4.50. The Morgan fingerprint density at radius 3 is 2.77 bits per heavy atom. The van der Waals surface area contributed by atoms with Crippen LogP contribution < -0.4 is 5.32 Å². The summed E-state index contributed by atoms with van der Waals surface area (Å²) in [7, 11) is 1.89. The molecule has 1 aromatic heterocycles. The van der Waals surface area contributed by atoms with Crippen molar-refractivity contribution >= 4 is 5.96 Å². The number of aliphatic imine (C=N–C) groups is 1. The molecule has 1 aromatic rings. The van der Waals surface area contributed by atoms with Crippen LogP contribution in [0.4, 0.5) is 0 Å². The Balaban J connectivity index is 1.98. The van der Waals surface area contributed by atoms with Crippen LogP contribution in [0.15, 0.2) is 23.7 Å². The maximum Gasteiger partial charge on any atom is 0.193 e. The van der Waals surface area contributed by atoms with E-state index in [1.54, 1.807) is 0 Å². The number of guanidine groups is 1. The van der Waals surface area contributed by atoms with Gasteiger partial charge in [-0.25, -0.2) is 4.98 Å². The highest BCUT2D eigenvalue weighted by molar-refractivity contribution is 5.80. The summed E-state index contributed by atoms with van der Waals surface area (Å²) in [6.45, 7) is 9.95. The van der Waals surface area contributed by atoms with Crippen LogP contribution in [0.25, 0.3) is 0 Å². The summed E-state index contributed by atoms with van der Waals surface area (Å²) in [6.07, 6.45) is 9.50. The van der Waals surface area contributed by atoms with Crippen LogP contribution in [-0.2, 0) is 0 Å². The summed E-state index contributed by atoms with van der Waals surface area (Å²) in [4.78, 5) is 11.1. The molecule has 0 bridgehead atoms. The predicted molar refractivity (Wildman–Crippen MR) is 92.1 cm³/mol. The van der Waals surface area contributed by atoms with Gasteiger partial charge < -0.3 is 14.8 Å². The van der Waals surface area contributed by atoms with Gasteiger partial charge in [-0.2, -0.15) is 0 Å². The third-order valence-electron chi connectivity index (χ3n) is 5.04. The van der Waals surface area contributed by atoms with E-state index in [9.17, 15) is 0 Å². The highest BCUT2D eigenvalue weighted by Crippen LogP contribution is 2.27. The number of hydrogen-bond acceptors (Lipinski definition) is 2. The molecule has 2 heterocycles. The minimum absolute atomic E-state index is 0.475. The van der Waals surface area contributed by atoms with Gasteiger partial charge in [0, 0.05) is 39.1 Å². The second-order valence-corrected chi connectivity index (χ2v) is 6.40. The van der Waals surface area contributed by atoms with Gasteiger partial charge in [-0.3, -0.25) is 4.99 Å². The van der Waals surface area contributed by atoms with Gasteiger partial charge in [0.15, 0.2) is 5.96 Å². The zero-order valence-corrected chi connectivity index (χ0v) is 14.5. The number of aromatic nitrogens is 2. The van der Waals surface area contributed by atoms with Crippen molar-refractivity contribution in [3.8, 4) is 0 Å². The Morgan fingerprint density at radius 1 is 1.41 bits per heavy atom. The van der Waals surface area contributed by atoms with E-state index < -0.39 is 0 Å². The van der Waals surface area contributed by atoms with E-state index in [4.69, 9.17) is 0 Å². The third kappa shape index (κ3) is 4.02. The summed E-state index contributed by atoms with van der Waals surface area (Å²) in [5.41, 5.74) is 0. The van der Waals surface area contributed by atoms with Crippen LogP contribution in [0.1, 0.15) is 46.1 Å². The third-order valence-corrected chi connectivity index (χ3v) is 5.04. The van der Waals surface area contributed by atoms with Crippen LogP contribution in [0, 0.1) is 11.8 Å². The zero-order valence-electron chi connectivity index (χ0n) is 14.5. The van der Waals surface area contributed by atoms with Gasteiger partial charge in [0.1, 0.15) is 0 Å². The van der Waals surface area contributed by atoms with Crippen LogP contribution >= 0.6 is 0 Å². The molecule has 1 N–H and O–H groups in total.